The first-order chi connectivity index (χ1) is 4.54. The molecular formula is C3H7Cl2O4P. The molecule has 0 saturated carbocycles. The monoisotopic (exact) mass is 208 g/mol. The highest BCUT2D eigenvalue weighted by atomic mass is 35.5. The lowest BCUT2D eigenvalue weighted by molar-refractivity contribution is 0.161. The van der Waals surface area contributed by atoms with Crippen molar-refractivity contribution in [3.05, 3.63) is 0 Å². The van der Waals surface area contributed by atoms with Crippen LogP contribution >= 0.6 is 31.0 Å². The topological polar surface area (TPSA) is 44.8 Å². The highest BCUT2D eigenvalue weighted by molar-refractivity contribution is 7.48. The molecule has 0 aromatic carbocycles. The molecule has 0 rings (SSSR count). The van der Waals surface area contributed by atoms with Crippen molar-refractivity contribution in [1.82, 2.24) is 0 Å². The predicted molar refractivity (Wildman–Crippen MR) is 38.2 cm³/mol. The van der Waals surface area contributed by atoms with Gasteiger partial charge in [0.25, 0.3) is 0 Å². The Hall–Kier alpha value is 0.690. The van der Waals surface area contributed by atoms with Gasteiger partial charge in [0.1, 0.15) is 0 Å². The van der Waals surface area contributed by atoms with Gasteiger partial charge in [0.05, 0.1) is 0 Å². The summed E-state index contributed by atoms with van der Waals surface area (Å²) in [7, 11) is -1.17. The average Bonchev–Trinajstić information content (AvgIpc) is 1.87. The van der Waals surface area contributed by atoms with E-state index in [1.165, 1.54) is 14.2 Å². The van der Waals surface area contributed by atoms with E-state index in [-0.39, 0.29) is 0 Å². The summed E-state index contributed by atoms with van der Waals surface area (Å²) in [5, 5.41) is -1.22. The Kier molecular flexibility index (Phi) is 4.86. The number of alkyl halides is 2. The molecule has 0 saturated heterocycles. The minimum absolute atomic E-state index is 1.17. The maximum atomic E-state index is 10.9. The Morgan fingerprint density at radius 2 is 1.70 bits per heavy atom. The third-order valence-corrected chi connectivity index (χ3v) is 2.45. The van der Waals surface area contributed by atoms with Crippen LogP contribution in [0.4, 0.5) is 0 Å². The summed E-state index contributed by atoms with van der Waals surface area (Å²) < 4.78 is 24.0. The van der Waals surface area contributed by atoms with Crippen LogP contribution in [-0.4, -0.2) is 19.2 Å². The summed E-state index contributed by atoms with van der Waals surface area (Å²) in [6.07, 6.45) is 0. The van der Waals surface area contributed by atoms with Crippen molar-refractivity contribution in [2.75, 3.05) is 14.2 Å². The lowest BCUT2D eigenvalue weighted by Gasteiger charge is -2.12. The number of hydrogen-bond acceptors (Lipinski definition) is 4. The molecule has 10 heavy (non-hydrogen) atoms. The van der Waals surface area contributed by atoms with Gasteiger partial charge < -0.3 is 0 Å². The van der Waals surface area contributed by atoms with Crippen LogP contribution < -0.4 is 0 Å². The lowest BCUT2D eigenvalue weighted by atomic mass is 11.7. The van der Waals surface area contributed by atoms with Crippen molar-refractivity contribution >= 4 is 31.0 Å². The standard InChI is InChI=1S/C3H7Cl2O4P/c1-7-10(6,8-2)9-3(4)5/h3H,1-2H3. The Labute approximate surface area is 69.0 Å². The molecule has 0 bridgehead atoms. The average molecular weight is 209 g/mol. The zero-order valence-electron chi connectivity index (χ0n) is 5.41. The summed E-state index contributed by atoms with van der Waals surface area (Å²) in [4.78, 5) is 0. The van der Waals surface area contributed by atoms with E-state index in [2.05, 4.69) is 13.6 Å². The van der Waals surface area contributed by atoms with E-state index in [1.54, 1.807) is 0 Å². The van der Waals surface area contributed by atoms with Crippen molar-refractivity contribution in [3.63, 3.8) is 0 Å². The van der Waals surface area contributed by atoms with Crippen LogP contribution in [0.5, 0.6) is 0 Å². The first-order valence-corrected chi connectivity index (χ1v) is 4.55. The van der Waals surface area contributed by atoms with E-state index in [0.29, 0.717) is 0 Å². The molecule has 62 valence electrons. The van der Waals surface area contributed by atoms with Gasteiger partial charge in [-0.05, 0) is 0 Å². The molecule has 0 atom stereocenters. The fraction of sp³-hybridized carbons (Fsp3) is 1.00. The minimum atomic E-state index is -3.50. The molecule has 0 aliphatic heterocycles. The van der Waals surface area contributed by atoms with Crippen molar-refractivity contribution < 1.29 is 18.1 Å². The van der Waals surface area contributed by atoms with Gasteiger partial charge in [-0.2, -0.15) is 0 Å². The van der Waals surface area contributed by atoms with Gasteiger partial charge in [0.2, 0.25) is 5.02 Å². The van der Waals surface area contributed by atoms with Crippen LogP contribution in [0.25, 0.3) is 0 Å². The highest BCUT2D eigenvalue weighted by Gasteiger charge is 2.25. The van der Waals surface area contributed by atoms with Crippen LogP contribution in [0.2, 0.25) is 0 Å². The number of rotatable bonds is 4. The molecule has 0 aliphatic rings. The molecule has 0 aliphatic carbocycles. The molecule has 0 aromatic rings. The third kappa shape index (κ3) is 3.76. The Morgan fingerprint density at radius 3 is 1.80 bits per heavy atom. The van der Waals surface area contributed by atoms with E-state index < -0.39 is 12.8 Å². The summed E-state index contributed by atoms with van der Waals surface area (Å²) in [6.45, 7) is 0. The molecule has 0 radical (unpaired) electrons. The molecule has 7 heteroatoms. The first-order valence-electron chi connectivity index (χ1n) is 2.22. The minimum Gasteiger partial charge on any atom is -0.290 e. The molecule has 0 heterocycles. The highest BCUT2D eigenvalue weighted by Crippen LogP contribution is 2.49. The second-order valence-corrected chi connectivity index (χ2v) is 4.03. The number of phosphoric ester groups is 1. The van der Waals surface area contributed by atoms with E-state index >= 15 is 0 Å². The summed E-state index contributed by atoms with van der Waals surface area (Å²) >= 11 is 10.3. The van der Waals surface area contributed by atoms with Crippen molar-refractivity contribution in [2.45, 2.75) is 5.02 Å². The Morgan fingerprint density at radius 1 is 1.30 bits per heavy atom. The van der Waals surface area contributed by atoms with Gasteiger partial charge in [-0.25, -0.2) is 4.57 Å². The molecule has 4 nitrogen and oxygen atoms in total. The van der Waals surface area contributed by atoms with Crippen LogP contribution in [0.1, 0.15) is 0 Å². The van der Waals surface area contributed by atoms with Gasteiger partial charge >= 0.3 is 7.82 Å². The maximum absolute atomic E-state index is 10.9. The van der Waals surface area contributed by atoms with Crippen LogP contribution in [-0.2, 0) is 18.1 Å². The molecule has 0 spiro atoms. The molecule has 0 aromatic heterocycles. The van der Waals surface area contributed by atoms with Gasteiger partial charge in [-0.15, -0.1) is 0 Å². The zero-order valence-corrected chi connectivity index (χ0v) is 7.82. The SMILES string of the molecule is COP(=O)(OC)OC(Cl)Cl. The fourth-order valence-electron chi connectivity index (χ4n) is 0.258. The second kappa shape index (κ2) is 4.54. The number of phosphoric acid groups is 1. The van der Waals surface area contributed by atoms with E-state index in [4.69, 9.17) is 23.2 Å². The second-order valence-electron chi connectivity index (χ2n) is 1.18. The molecule has 0 fully saturated rings. The zero-order chi connectivity index (χ0) is 8.20. The normalized spacial score (nSPS) is 12.5. The van der Waals surface area contributed by atoms with Gasteiger partial charge in [-0.3, -0.25) is 13.6 Å². The maximum Gasteiger partial charge on any atom is 0.476 e. The van der Waals surface area contributed by atoms with Gasteiger partial charge in [0.15, 0.2) is 0 Å². The van der Waals surface area contributed by atoms with Crippen molar-refractivity contribution in [3.8, 4) is 0 Å². The van der Waals surface area contributed by atoms with E-state index in [0.717, 1.165) is 0 Å². The van der Waals surface area contributed by atoms with Crippen LogP contribution in [0.15, 0.2) is 0 Å². The van der Waals surface area contributed by atoms with Gasteiger partial charge in [0, 0.05) is 14.2 Å². The summed E-state index contributed by atoms with van der Waals surface area (Å²) in [5.41, 5.74) is 0. The van der Waals surface area contributed by atoms with E-state index in [9.17, 15) is 4.57 Å². The summed E-state index contributed by atoms with van der Waals surface area (Å²) in [5.74, 6) is 0. The molecule has 0 N–H and O–H groups in total. The number of halogens is 2. The molecule has 0 amide bonds. The smallest absolute Gasteiger partial charge is 0.290 e. The fourth-order valence-corrected chi connectivity index (χ4v) is 1.36. The molecular weight excluding hydrogens is 202 g/mol. The largest absolute Gasteiger partial charge is 0.476 e. The quantitative estimate of drug-likeness (QED) is 0.525. The molecule has 0 unspecified atom stereocenters. The summed E-state index contributed by atoms with van der Waals surface area (Å²) in [6, 6.07) is 0. The predicted octanol–water partition coefficient (Wildman–Crippen LogP) is 2.17. The Bertz CT molecular complexity index is 130. The first kappa shape index (κ1) is 10.7. The van der Waals surface area contributed by atoms with Crippen LogP contribution in [0.3, 0.4) is 0 Å². The van der Waals surface area contributed by atoms with Crippen molar-refractivity contribution in [1.29, 1.82) is 0 Å². The van der Waals surface area contributed by atoms with Gasteiger partial charge in [-0.1, -0.05) is 23.2 Å². The number of hydrogen-bond donors (Lipinski definition) is 0. The third-order valence-electron chi connectivity index (χ3n) is 0.656. The van der Waals surface area contributed by atoms with Crippen LogP contribution in [0, 0.1) is 0 Å². The lowest BCUT2D eigenvalue weighted by Crippen LogP contribution is -1.97. The van der Waals surface area contributed by atoms with Crippen molar-refractivity contribution in [2.24, 2.45) is 0 Å². The Balaban J connectivity index is 3.94. The van der Waals surface area contributed by atoms with E-state index in [1.807, 2.05) is 0 Å².